The van der Waals surface area contributed by atoms with Crippen LogP contribution in [0, 0.1) is 5.82 Å². The van der Waals surface area contributed by atoms with E-state index in [1.54, 1.807) is 10.8 Å². The zero-order chi connectivity index (χ0) is 14.8. The molecule has 0 aliphatic heterocycles. The standard InChI is InChI=1S/C16H15FN2O2/c17-12-4-6-13(7-5-12)18-16(21)10-19-8-11-2-1-3-15(20)14(11)9-19/h4-9H,1-3,10H2,(H,18,21). The first-order chi connectivity index (χ1) is 10.1. The van der Waals surface area contributed by atoms with Crippen molar-refractivity contribution >= 4 is 17.4 Å². The number of aromatic nitrogens is 1. The molecule has 1 amide bonds. The van der Waals surface area contributed by atoms with Crippen LogP contribution in [0.15, 0.2) is 36.7 Å². The van der Waals surface area contributed by atoms with Crippen molar-refractivity contribution in [1.82, 2.24) is 4.57 Å². The minimum absolute atomic E-state index is 0.137. The van der Waals surface area contributed by atoms with Gasteiger partial charge in [0.1, 0.15) is 12.4 Å². The van der Waals surface area contributed by atoms with E-state index in [2.05, 4.69) is 5.32 Å². The fraction of sp³-hybridized carbons (Fsp3) is 0.250. The van der Waals surface area contributed by atoms with Gasteiger partial charge in [0.15, 0.2) is 5.78 Å². The number of ketones is 1. The van der Waals surface area contributed by atoms with Gasteiger partial charge in [-0.1, -0.05) is 0 Å². The Balaban J connectivity index is 1.67. The number of carbonyl (C=O) groups excluding carboxylic acids is 2. The highest BCUT2D eigenvalue weighted by molar-refractivity contribution is 5.98. The molecule has 1 heterocycles. The summed E-state index contributed by atoms with van der Waals surface area (Å²) in [4.78, 5) is 23.7. The van der Waals surface area contributed by atoms with Crippen molar-refractivity contribution in [3.05, 3.63) is 53.6 Å². The van der Waals surface area contributed by atoms with Crippen molar-refractivity contribution in [2.24, 2.45) is 0 Å². The Morgan fingerprint density at radius 2 is 1.95 bits per heavy atom. The smallest absolute Gasteiger partial charge is 0.244 e. The molecule has 1 N–H and O–H groups in total. The van der Waals surface area contributed by atoms with Crippen LogP contribution in [0.4, 0.5) is 10.1 Å². The number of nitrogens with zero attached hydrogens (tertiary/aromatic N) is 1. The minimum Gasteiger partial charge on any atom is -0.344 e. The number of rotatable bonds is 3. The van der Waals surface area contributed by atoms with Crippen LogP contribution in [0.1, 0.15) is 28.8 Å². The van der Waals surface area contributed by atoms with E-state index in [0.717, 1.165) is 24.0 Å². The maximum absolute atomic E-state index is 12.8. The molecule has 0 radical (unpaired) electrons. The van der Waals surface area contributed by atoms with Crippen LogP contribution in [0.2, 0.25) is 0 Å². The lowest BCUT2D eigenvalue weighted by molar-refractivity contribution is -0.116. The number of halogens is 1. The van der Waals surface area contributed by atoms with Gasteiger partial charge in [-0.05, 0) is 42.7 Å². The van der Waals surface area contributed by atoms with Crippen LogP contribution in [0.3, 0.4) is 0 Å². The second-order valence-electron chi connectivity index (χ2n) is 5.20. The molecule has 0 fully saturated rings. The van der Waals surface area contributed by atoms with Crippen LogP contribution in [-0.4, -0.2) is 16.3 Å². The molecule has 4 nitrogen and oxygen atoms in total. The predicted molar refractivity (Wildman–Crippen MR) is 76.7 cm³/mol. The largest absolute Gasteiger partial charge is 0.344 e. The molecule has 1 aliphatic carbocycles. The average molecular weight is 286 g/mol. The quantitative estimate of drug-likeness (QED) is 0.943. The summed E-state index contributed by atoms with van der Waals surface area (Å²) in [6.07, 6.45) is 5.93. The Morgan fingerprint density at radius 1 is 1.19 bits per heavy atom. The first kappa shape index (κ1) is 13.5. The van der Waals surface area contributed by atoms with Crippen molar-refractivity contribution in [2.45, 2.75) is 25.8 Å². The van der Waals surface area contributed by atoms with Crippen molar-refractivity contribution < 1.29 is 14.0 Å². The van der Waals surface area contributed by atoms with Gasteiger partial charge in [-0.2, -0.15) is 0 Å². The predicted octanol–water partition coefficient (Wildman–Crippen LogP) is 2.78. The summed E-state index contributed by atoms with van der Waals surface area (Å²) in [6, 6.07) is 5.61. The van der Waals surface area contributed by atoms with Crippen molar-refractivity contribution in [2.75, 3.05) is 5.32 Å². The third-order valence-corrected chi connectivity index (χ3v) is 3.57. The minimum atomic E-state index is -0.343. The molecule has 1 aromatic heterocycles. The van der Waals surface area contributed by atoms with Crippen LogP contribution < -0.4 is 5.32 Å². The monoisotopic (exact) mass is 286 g/mol. The van der Waals surface area contributed by atoms with Crippen molar-refractivity contribution in [3.63, 3.8) is 0 Å². The number of fused-ring (bicyclic) bond motifs is 1. The molecular formula is C16H15FN2O2. The van der Waals surface area contributed by atoms with E-state index in [-0.39, 0.29) is 24.1 Å². The zero-order valence-electron chi connectivity index (χ0n) is 11.4. The Morgan fingerprint density at radius 3 is 2.67 bits per heavy atom. The number of amides is 1. The van der Waals surface area contributed by atoms with Gasteiger partial charge in [-0.3, -0.25) is 9.59 Å². The summed E-state index contributed by atoms with van der Waals surface area (Å²) < 4.78 is 14.5. The summed E-state index contributed by atoms with van der Waals surface area (Å²) in [6.45, 7) is 0.137. The van der Waals surface area contributed by atoms with Gasteiger partial charge in [-0.15, -0.1) is 0 Å². The van der Waals surface area contributed by atoms with Crippen LogP contribution in [0.5, 0.6) is 0 Å². The van der Waals surface area contributed by atoms with E-state index < -0.39 is 0 Å². The lowest BCUT2D eigenvalue weighted by Gasteiger charge is -2.07. The van der Waals surface area contributed by atoms with Gasteiger partial charge in [0.05, 0.1) is 0 Å². The molecule has 3 rings (SSSR count). The zero-order valence-corrected chi connectivity index (χ0v) is 11.4. The first-order valence-corrected chi connectivity index (χ1v) is 6.89. The number of Topliss-reactive ketones (excluding diaryl/α,β-unsaturated/α-hetero) is 1. The van der Waals surface area contributed by atoms with E-state index in [1.165, 1.54) is 24.3 Å². The second-order valence-corrected chi connectivity index (χ2v) is 5.20. The van der Waals surface area contributed by atoms with Gasteiger partial charge in [0.2, 0.25) is 5.91 Å². The number of hydrogen-bond donors (Lipinski definition) is 1. The fourth-order valence-electron chi connectivity index (χ4n) is 2.57. The number of benzene rings is 1. The second kappa shape index (κ2) is 5.52. The average Bonchev–Trinajstić information content (AvgIpc) is 2.85. The molecule has 0 saturated carbocycles. The molecule has 0 spiro atoms. The molecule has 0 unspecified atom stereocenters. The molecule has 108 valence electrons. The lowest BCUT2D eigenvalue weighted by atomic mass is 9.95. The lowest BCUT2D eigenvalue weighted by Crippen LogP contribution is -2.17. The van der Waals surface area contributed by atoms with Crippen LogP contribution >= 0.6 is 0 Å². The molecule has 1 aliphatic rings. The molecule has 0 bridgehead atoms. The molecular weight excluding hydrogens is 271 g/mol. The van der Waals surface area contributed by atoms with Gasteiger partial charge in [-0.25, -0.2) is 4.39 Å². The third kappa shape index (κ3) is 3.02. The number of hydrogen-bond acceptors (Lipinski definition) is 2. The fourth-order valence-corrected chi connectivity index (χ4v) is 2.57. The Bertz CT molecular complexity index is 689. The summed E-state index contributed by atoms with van der Waals surface area (Å²) in [5, 5.41) is 2.70. The van der Waals surface area contributed by atoms with Crippen molar-refractivity contribution in [3.8, 4) is 0 Å². The normalized spacial score (nSPS) is 13.9. The molecule has 0 saturated heterocycles. The van der Waals surface area contributed by atoms with E-state index in [4.69, 9.17) is 0 Å². The number of carbonyl (C=O) groups is 2. The summed E-state index contributed by atoms with van der Waals surface area (Å²) in [5.41, 5.74) is 2.30. The summed E-state index contributed by atoms with van der Waals surface area (Å²) in [7, 11) is 0. The van der Waals surface area contributed by atoms with E-state index in [1.807, 2.05) is 6.20 Å². The van der Waals surface area contributed by atoms with Gasteiger partial charge in [0.25, 0.3) is 0 Å². The van der Waals surface area contributed by atoms with Gasteiger partial charge < -0.3 is 9.88 Å². The maximum Gasteiger partial charge on any atom is 0.244 e. The summed E-state index contributed by atoms with van der Waals surface area (Å²) >= 11 is 0. The van der Waals surface area contributed by atoms with Crippen molar-refractivity contribution in [1.29, 1.82) is 0 Å². The topological polar surface area (TPSA) is 51.1 Å². The number of aryl methyl sites for hydroxylation is 1. The highest BCUT2D eigenvalue weighted by Crippen LogP contribution is 2.22. The van der Waals surface area contributed by atoms with Gasteiger partial charge in [0, 0.05) is 30.1 Å². The van der Waals surface area contributed by atoms with Gasteiger partial charge >= 0.3 is 0 Å². The number of nitrogens with one attached hydrogen (secondary N) is 1. The Kier molecular flexibility index (Phi) is 3.56. The van der Waals surface area contributed by atoms with Crippen LogP contribution in [0.25, 0.3) is 0 Å². The van der Waals surface area contributed by atoms with Crippen LogP contribution in [-0.2, 0) is 17.8 Å². The number of anilines is 1. The Labute approximate surface area is 121 Å². The molecule has 2 aromatic rings. The molecule has 0 atom stereocenters. The third-order valence-electron chi connectivity index (χ3n) is 3.57. The summed E-state index contributed by atoms with van der Waals surface area (Å²) in [5.74, 6) is -0.403. The highest BCUT2D eigenvalue weighted by atomic mass is 19.1. The van der Waals surface area contributed by atoms with E-state index in [0.29, 0.717) is 12.1 Å². The first-order valence-electron chi connectivity index (χ1n) is 6.89. The highest BCUT2D eigenvalue weighted by Gasteiger charge is 2.19. The van der Waals surface area contributed by atoms with E-state index in [9.17, 15) is 14.0 Å². The maximum atomic E-state index is 12.8. The SMILES string of the molecule is O=C(Cn1cc2c(c1)C(=O)CCC2)Nc1ccc(F)cc1. The Hall–Kier alpha value is -2.43. The molecule has 21 heavy (non-hydrogen) atoms. The molecule has 1 aromatic carbocycles. The van der Waals surface area contributed by atoms with E-state index >= 15 is 0 Å². The molecule has 5 heteroatoms.